The number of ketones is 3. The molecule has 24 nitrogen and oxygen atoms in total. The molecular formula is C69H59N15O9. The highest BCUT2D eigenvalue weighted by Gasteiger charge is 2.27. The van der Waals surface area contributed by atoms with Gasteiger partial charge in [0.05, 0.1) is 89.3 Å². The fraction of sp³-hybridized carbons (Fsp3) is 0.130. The van der Waals surface area contributed by atoms with Crippen molar-refractivity contribution in [2.45, 2.75) is 25.8 Å². The lowest BCUT2D eigenvalue weighted by Crippen LogP contribution is -2.10. The Bertz CT molecular complexity index is 4790. The highest BCUT2D eigenvalue weighted by atomic mass is 16.5. The van der Waals surface area contributed by atoms with Crippen LogP contribution >= 0.6 is 0 Å². The summed E-state index contributed by atoms with van der Waals surface area (Å²) >= 11 is 0. The third-order valence-corrected chi connectivity index (χ3v) is 15.4. The zero-order valence-electron chi connectivity index (χ0n) is 50.8. The van der Waals surface area contributed by atoms with Crippen LogP contribution in [0.3, 0.4) is 0 Å². The van der Waals surface area contributed by atoms with Crippen LogP contribution in [0.1, 0.15) is 91.5 Å². The number of H-pyrrole nitrogens is 3. The number of nitrogens with one attached hydrogen (secondary N) is 3. The number of ether oxygens (including phenoxy) is 3. The Labute approximate surface area is 530 Å². The highest BCUT2D eigenvalue weighted by Crippen LogP contribution is 2.32. The summed E-state index contributed by atoms with van der Waals surface area (Å²) in [6, 6.07) is 41.8. The third kappa shape index (κ3) is 13.0. The minimum Gasteiger partial charge on any atom is -0.463 e. The number of nitrogen functional groups attached to an aromatic ring is 2. The molecule has 3 aliphatic carbocycles. The lowest BCUT2D eigenvalue weighted by molar-refractivity contribution is -0.112. The molecule has 0 aliphatic heterocycles. The lowest BCUT2D eigenvalue weighted by Gasteiger charge is -2.06. The van der Waals surface area contributed by atoms with E-state index in [9.17, 15) is 28.8 Å². The van der Waals surface area contributed by atoms with E-state index in [4.69, 9.17) is 22.5 Å². The van der Waals surface area contributed by atoms with Crippen molar-refractivity contribution in [2.75, 3.05) is 46.9 Å². The zero-order valence-corrected chi connectivity index (χ0v) is 50.8. The van der Waals surface area contributed by atoms with Gasteiger partial charge in [0.15, 0.2) is 11.6 Å². The summed E-state index contributed by atoms with van der Waals surface area (Å²) < 4.78 is 16.9. The van der Waals surface area contributed by atoms with Gasteiger partial charge in [-0.3, -0.25) is 14.4 Å². The van der Waals surface area contributed by atoms with Crippen LogP contribution in [0.4, 0.5) is 11.6 Å². The van der Waals surface area contributed by atoms with Crippen molar-refractivity contribution in [3.63, 3.8) is 0 Å². The minimum atomic E-state index is -0.551. The summed E-state index contributed by atoms with van der Waals surface area (Å²) in [5.41, 5.74) is 33.9. The van der Waals surface area contributed by atoms with E-state index < -0.39 is 17.9 Å². The first-order valence-corrected chi connectivity index (χ1v) is 28.8. The van der Waals surface area contributed by atoms with Crippen molar-refractivity contribution in [1.82, 2.24) is 54.4 Å². The number of nitrogens with zero attached hydrogens (tertiary/aromatic N) is 9. The van der Waals surface area contributed by atoms with Gasteiger partial charge in [-0.2, -0.15) is 15.5 Å². The smallest absolute Gasteiger partial charge is 0.374 e. The average molecular weight is 1240 g/mol. The Morgan fingerprint density at radius 1 is 0.548 bits per heavy atom. The van der Waals surface area contributed by atoms with Crippen LogP contribution in [-0.4, -0.2) is 125 Å². The first kappa shape index (κ1) is 62.0. The first-order chi connectivity index (χ1) is 44.9. The van der Waals surface area contributed by atoms with Crippen LogP contribution < -0.4 is 17.2 Å². The Morgan fingerprint density at radius 3 is 1.30 bits per heavy atom. The number of aromatic nitrogens is 10. The molecule has 3 aliphatic rings. The van der Waals surface area contributed by atoms with E-state index in [1.807, 2.05) is 115 Å². The summed E-state index contributed by atoms with van der Waals surface area (Å²) in [4.78, 5) is 95.7. The largest absolute Gasteiger partial charge is 0.463 e. The van der Waals surface area contributed by atoms with Crippen LogP contribution in [0.2, 0.25) is 0 Å². The number of hydrogen-bond donors (Lipinski definition) is 6. The lowest BCUT2D eigenvalue weighted by atomic mass is 10.0. The Morgan fingerprint density at radius 2 is 0.925 bits per heavy atom. The second kappa shape index (κ2) is 26.6. The van der Waals surface area contributed by atoms with Gasteiger partial charge < -0.3 is 51.3 Å². The number of Topliss-reactive ketones (excluding diaryl/α,β-unsaturated/α-hetero) is 3. The maximum atomic E-state index is 13.0. The average Bonchev–Trinajstić information content (AvgIpc) is 2.14. The van der Waals surface area contributed by atoms with Crippen LogP contribution in [0, 0.1) is 11.3 Å². The first-order valence-electron chi connectivity index (χ1n) is 28.8. The molecule has 0 unspecified atom stereocenters. The number of carbonyl (C=O) groups excluding carboxylic acids is 6. The Balaban J connectivity index is 0.000000132. The van der Waals surface area contributed by atoms with Gasteiger partial charge in [0.25, 0.3) is 0 Å². The van der Waals surface area contributed by atoms with Crippen molar-refractivity contribution in [1.29, 1.82) is 5.26 Å². The quantitative estimate of drug-likeness (QED) is 0.0206. The molecule has 0 saturated carbocycles. The van der Waals surface area contributed by atoms with E-state index in [0.717, 1.165) is 50.0 Å². The molecule has 14 rings (SSSR count). The fourth-order valence-corrected chi connectivity index (χ4v) is 10.7. The van der Waals surface area contributed by atoms with Gasteiger partial charge in [0.2, 0.25) is 23.3 Å². The molecule has 5 heterocycles. The van der Waals surface area contributed by atoms with Gasteiger partial charge in [-0.25, -0.2) is 38.7 Å². The van der Waals surface area contributed by atoms with Gasteiger partial charge in [0, 0.05) is 62.8 Å². The molecule has 0 fully saturated rings. The maximum absolute atomic E-state index is 13.0. The number of anilines is 2. The summed E-state index contributed by atoms with van der Waals surface area (Å²) in [7, 11) is 7.50. The number of allylic oxidation sites excluding steroid dienone is 4. The Hall–Kier alpha value is -12.6. The number of methoxy groups -OCH3 is 3. The molecular weight excluding hydrogens is 1180 g/mol. The van der Waals surface area contributed by atoms with Crippen LogP contribution in [0.15, 0.2) is 168 Å². The molecule has 0 atom stereocenters. The van der Waals surface area contributed by atoms with E-state index in [2.05, 4.69) is 54.3 Å². The summed E-state index contributed by atoms with van der Waals surface area (Å²) in [5.74, 6) is -1.08. The number of hydrogen-bond acceptors (Lipinski definition) is 19. The summed E-state index contributed by atoms with van der Waals surface area (Å²) in [6.45, 7) is 0.461. The van der Waals surface area contributed by atoms with Crippen LogP contribution in [0.5, 0.6) is 0 Å². The number of rotatable bonds is 13. The molecule has 0 spiro atoms. The van der Waals surface area contributed by atoms with Gasteiger partial charge in [-0.1, -0.05) is 78.9 Å². The fourth-order valence-electron chi connectivity index (χ4n) is 10.7. The number of esters is 3. The number of fused-ring (bicyclic) bond motifs is 6. The predicted molar refractivity (Wildman–Crippen MR) is 349 cm³/mol. The molecule has 9 N–H and O–H groups in total. The number of carbonyl (C=O) groups is 6. The molecule has 6 aromatic carbocycles. The number of aromatic amines is 3. The molecule has 0 bridgehead atoms. The third-order valence-electron chi connectivity index (χ3n) is 15.4. The number of benzene rings is 6. The number of nitriles is 1. The predicted octanol–water partition coefficient (Wildman–Crippen LogP) is 8.85. The molecule has 11 aromatic rings. The summed E-state index contributed by atoms with van der Waals surface area (Å²) in [5, 5.41) is 17.6. The number of nitrogens with two attached hydrogens (primary N) is 3. The standard InChI is InChI=1S/2C22H17N5O3.C15H14N2O.C10H11N3O2/c2*1-30-22(29)21-25-17-7-6-15(10-18(17)26-21)27-20(23)16(11-24-27)19(28)14-8-12-4-2-3-5-13(12)9-14;1-17(2)10-14(9-16)15(18)13-7-11-5-3-4-6-12(11)8-13;1-15-10(14)9-12-7-3-2-6(5-11)4-8(7)13-9/h2*2-8,10-11H,9,23H2,1H3,(H,25,26);3-7,10H,8H2,1-2H3;2-4H,5,11H2,1H3,(H,12,13)/b;;14-10+;. The van der Waals surface area contributed by atoms with Gasteiger partial charge in [-0.15, -0.1) is 0 Å². The zero-order chi connectivity index (χ0) is 65.6. The summed E-state index contributed by atoms with van der Waals surface area (Å²) in [6.07, 6.45) is 12.0. The van der Waals surface area contributed by atoms with E-state index >= 15 is 0 Å². The molecule has 93 heavy (non-hydrogen) atoms. The van der Waals surface area contributed by atoms with Crippen molar-refractivity contribution in [3.8, 4) is 17.4 Å². The molecule has 24 heteroatoms. The Kier molecular flexibility index (Phi) is 17.7. The van der Waals surface area contributed by atoms with Crippen molar-refractivity contribution in [2.24, 2.45) is 5.73 Å². The monoisotopic (exact) mass is 1240 g/mol. The van der Waals surface area contributed by atoms with Gasteiger partial charge in [0.1, 0.15) is 23.3 Å². The van der Waals surface area contributed by atoms with Crippen molar-refractivity contribution >= 4 is 98.2 Å². The topological polar surface area (TPSA) is 357 Å². The normalized spacial score (nSPS) is 12.5. The van der Waals surface area contributed by atoms with Gasteiger partial charge >= 0.3 is 17.9 Å². The van der Waals surface area contributed by atoms with Crippen molar-refractivity contribution < 1.29 is 43.0 Å². The van der Waals surface area contributed by atoms with E-state index in [-0.39, 0.29) is 52.0 Å². The molecule has 0 radical (unpaired) electrons. The van der Waals surface area contributed by atoms with Crippen LogP contribution in [0.25, 0.3) is 62.7 Å². The molecule has 5 aromatic heterocycles. The second-order valence-electron chi connectivity index (χ2n) is 21.6. The maximum Gasteiger partial charge on any atom is 0.374 e. The van der Waals surface area contributed by atoms with E-state index in [1.165, 1.54) is 43.1 Å². The van der Waals surface area contributed by atoms with E-state index in [0.29, 0.717) is 87.1 Å². The molecule has 464 valence electrons. The van der Waals surface area contributed by atoms with Crippen LogP contribution in [-0.2, 0) is 44.8 Å². The SMILES string of the molecule is CN(C)/C=C(\C#N)C(=O)C1=Cc2ccccc2C1.COC(=O)c1nc2ccc(-n3ncc(C(=O)C4=Cc5ccccc5C4)c3N)cc2[nH]1.COC(=O)c1nc2ccc(-n3ncc(C(=O)C4=Cc5ccccc5C4)c3N)cc2[nH]1.COC(=O)c1nc2ccc(CN)cc2[nH]1. The van der Waals surface area contributed by atoms with Gasteiger partial charge in [-0.05, 0) is 106 Å². The minimum absolute atomic E-state index is 0.113. The molecule has 0 saturated heterocycles. The second-order valence-corrected chi connectivity index (χ2v) is 21.6. The number of imidazole rings is 3. The molecule has 0 amide bonds. The van der Waals surface area contributed by atoms with Crippen molar-refractivity contribution in [3.05, 3.63) is 236 Å². The van der Waals surface area contributed by atoms with E-state index in [1.54, 1.807) is 61.6 Å². The highest BCUT2D eigenvalue weighted by molar-refractivity contribution is 6.16.